The van der Waals surface area contributed by atoms with Crippen LogP contribution in [-0.2, 0) is 11.3 Å². The quantitative estimate of drug-likeness (QED) is 0.502. The van der Waals surface area contributed by atoms with Gasteiger partial charge in [-0.1, -0.05) is 24.3 Å². The molecule has 7 nitrogen and oxygen atoms in total. The average Bonchev–Trinajstić information content (AvgIpc) is 3.08. The van der Waals surface area contributed by atoms with E-state index in [1.54, 1.807) is 16.9 Å². The second-order valence-electron chi connectivity index (χ2n) is 6.94. The van der Waals surface area contributed by atoms with Gasteiger partial charge in [0.05, 0.1) is 23.3 Å². The Morgan fingerprint density at radius 3 is 2.69 bits per heavy atom. The van der Waals surface area contributed by atoms with Crippen molar-refractivity contribution in [3.05, 3.63) is 93.3 Å². The molecule has 0 aliphatic heterocycles. The Hall–Kier alpha value is -3.74. The van der Waals surface area contributed by atoms with Crippen molar-refractivity contribution in [2.45, 2.75) is 27.4 Å². The molecule has 3 heterocycles. The maximum atomic E-state index is 12.6. The van der Waals surface area contributed by atoms with Gasteiger partial charge in [-0.25, -0.2) is 14.5 Å². The Morgan fingerprint density at radius 2 is 1.90 bits per heavy atom. The third kappa shape index (κ3) is 3.54. The number of para-hydroxylation sites is 1. The number of pyridine rings is 1. The minimum absolute atomic E-state index is 0.0898. The normalized spacial score (nSPS) is 11.0. The molecule has 0 unspecified atom stereocenters. The highest BCUT2D eigenvalue weighted by atomic mass is 16.5. The van der Waals surface area contributed by atoms with Crippen LogP contribution in [0, 0.1) is 20.8 Å². The van der Waals surface area contributed by atoms with Crippen LogP contribution >= 0.6 is 0 Å². The van der Waals surface area contributed by atoms with Crippen molar-refractivity contribution in [3.8, 4) is 5.69 Å². The summed E-state index contributed by atoms with van der Waals surface area (Å²) >= 11 is 0. The first kappa shape index (κ1) is 18.6. The molecule has 7 heteroatoms. The van der Waals surface area contributed by atoms with Gasteiger partial charge >= 0.3 is 5.97 Å². The van der Waals surface area contributed by atoms with Gasteiger partial charge in [-0.3, -0.25) is 9.20 Å². The fourth-order valence-corrected chi connectivity index (χ4v) is 3.20. The van der Waals surface area contributed by atoms with E-state index in [9.17, 15) is 9.59 Å². The van der Waals surface area contributed by atoms with E-state index in [0.29, 0.717) is 22.6 Å². The van der Waals surface area contributed by atoms with Crippen molar-refractivity contribution in [3.63, 3.8) is 0 Å². The van der Waals surface area contributed by atoms with Crippen LogP contribution < -0.4 is 5.56 Å². The summed E-state index contributed by atoms with van der Waals surface area (Å²) in [5, 5.41) is 4.33. The van der Waals surface area contributed by atoms with E-state index >= 15 is 0 Å². The van der Waals surface area contributed by atoms with E-state index in [4.69, 9.17) is 4.74 Å². The Kier molecular flexibility index (Phi) is 4.72. The summed E-state index contributed by atoms with van der Waals surface area (Å²) in [6.45, 7) is 5.62. The highest BCUT2D eigenvalue weighted by Crippen LogP contribution is 2.18. The van der Waals surface area contributed by atoms with E-state index < -0.39 is 5.97 Å². The lowest BCUT2D eigenvalue weighted by Crippen LogP contribution is -2.17. The molecule has 0 aliphatic rings. The molecule has 0 amide bonds. The number of hydrogen-bond acceptors (Lipinski definition) is 5. The molecule has 3 aromatic heterocycles. The van der Waals surface area contributed by atoms with E-state index in [1.165, 1.54) is 16.7 Å². The SMILES string of the molecule is Cc1ccc2nc(COC(=O)c3cnn(-c4ccccc4C)c3C)cc(=O)n2c1. The highest BCUT2D eigenvalue weighted by molar-refractivity contribution is 5.90. The van der Waals surface area contributed by atoms with Gasteiger partial charge in [0.25, 0.3) is 5.56 Å². The van der Waals surface area contributed by atoms with Crippen LogP contribution in [-0.4, -0.2) is 25.1 Å². The lowest BCUT2D eigenvalue weighted by molar-refractivity contribution is 0.0467. The zero-order valence-electron chi connectivity index (χ0n) is 16.4. The molecular formula is C22H20N4O3. The van der Waals surface area contributed by atoms with Crippen molar-refractivity contribution < 1.29 is 9.53 Å². The second-order valence-corrected chi connectivity index (χ2v) is 6.94. The lowest BCUT2D eigenvalue weighted by atomic mass is 10.2. The molecule has 0 fully saturated rings. The van der Waals surface area contributed by atoms with Gasteiger partial charge in [0.2, 0.25) is 0 Å². The first-order valence-corrected chi connectivity index (χ1v) is 9.21. The number of rotatable bonds is 4. The summed E-state index contributed by atoms with van der Waals surface area (Å²) in [6, 6.07) is 12.8. The number of esters is 1. The predicted octanol–water partition coefficient (Wildman–Crippen LogP) is 3.16. The zero-order valence-corrected chi connectivity index (χ0v) is 16.4. The summed E-state index contributed by atoms with van der Waals surface area (Å²) in [6.07, 6.45) is 3.22. The van der Waals surface area contributed by atoms with Gasteiger partial charge in [0, 0.05) is 12.3 Å². The van der Waals surface area contributed by atoms with E-state index in [0.717, 1.165) is 16.8 Å². The fourth-order valence-electron chi connectivity index (χ4n) is 3.20. The third-order valence-electron chi connectivity index (χ3n) is 4.79. The Bertz CT molecular complexity index is 1290. The highest BCUT2D eigenvalue weighted by Gasteiger charge is 2.18. The number of hydrogen-bond donors (Lipinski definition) is 0. The van der Waals surface area contributed by atoms with Crippen LogP contribution in [0.1, 0.15) is 32.9 Å². The lowest BCUT2D eigenvalue weighted by Gasteiger charge is -2.09. The number of fused-ring (bicyclic) bond motifs is 1. The van der Waals surface area contributed by atoms with Crippen molar-refractivity contribution in [1.29, 1.82) is 0 Å². The summed E-state index contributed by atoms with van der Waals surface area (Å²) in [5.74, 6) is -0.506. The third-order valence-corrected chi connectivity index (χ3v) is 4.79. The number of nitrogens with zero attached hydrogens (tertiary/aromatic N) is 4. The van der Waals surface area contributed by atoms with Crippen molar-refractivity contribution >= 4 is 11.6 Å². The Balaban J connectivity index is 1.55. The topological polar surface area (TPSA) is 78.5 Å². The summed E-state index contributed by atoms with van der Waals surface area (Å²) in [5.41, 5.74) is 4.68. The molecule has 4 aromatic rings. The van der Waals surface area contributed by atoms with Crippen LogP contribution in [0.4, 0.5) is 0 Å². The number of ether oxygens (including phenoxy) is 1. The molecule has 0 spiro atoms. The molecule has 0 bridgehead atoms. The van der Waals surface area contributed by atoms with Gasteiger partial charge in [0.1, 0.15) is 17.8 Å². The molecular weight excluding hydrogens is 368 g/mol. The second kappa shape index (κ2) is 7.35. The van der Waals surface area contributed by atoms with E-state index in [-0.39, 0.29) is 12.2 Å². The fraction of sp³-hybridized carbons (Fsp3) is 0.182. The number of carbonyl (C=O) groups excluding carboxylic acids is 1. The van der Waals surface area contributed by atoms with Gasteiger partial charge in [0.15, 0.2) is 0 Å². The van der Waals surface area contributed by atoms with Crippen LogP contribution in [0.5, 0.6) is 0 Å². The van der Waals surface area contributed by atoms with Crippen LogP contribution in [0.15, 0.2) is 59.7 Å². The molecule has 1 aromatic carbocycles. The molecule has 0 aliphatic carbocycles. The molecule has 0 N–H and O–H groups in total. The predicted molar refractivity (Wildman–Crippen MR) is 108 cm³/mol. The van der Waals surface area contributed by atoms with Crippen LogP contribution in [0.2, 0.25) is 0 Å². The first-order chi connectivity index (χ1) is 13.9. The zero-order chi connectivity index (χ0) is 20.5. The number of aryl methyl sites for hydroxylation is 2. The Labute approximate surface area is 167 Å². The molecule has 0 atom stereocenters. The minimum atomic E-state index is -0.506. The number of carbonyl (C=O) groups is 1. The van der Waals surface area contributed by atoms with Gasteiger partial charge in [-0.2, -0.15) is 5.10 Å². The molecule has 0 saturated carbocycles. The van der Waals surface area contributed by atoms with Crippen LogP contribution in [0.25, 0.3) is 11.3 Å². The van der Waals surface area contributed by atoms with Crippen molar-refractivity contribution in [2.75, 3.05) is 0 Å². The Morgan fingerprint density at radius 1 is 1.10 bits per heavy atom. The monoisotopic (exact) mass is 388 g/mol. The maximum absolute atomic E-state index is 12.6. The summed E-state index contributed by atoms with van der Waals surface area (Å²) in [4.78, 5) is 29.3. The maximum Gasteiger partial charge on any atom is 0.342 e. The largest absolute Gasteiger partial charge is 0.455 e. The molecule has 146 valence electrons. The van der Waals surface area contributed by atoms with Gasteiger partial charge < -0.3 is 4.74 Å². The molecule has 4 rings (SSSR count). The van der Waals surface area contributed by atoms with Crippen molar-refractivity contribution in [2.24, 2.45) is 0 Å². The van der Waals surface area contributed by atoms with E-state index in [1.807, 2.05) is 51.1 Å². The smallest absolute Gasteiger partial charge is 0.342 e. The van der Waals surface area contributed by atoms with Gasteiger partial charge in [-0.05, 0) is 44.0 Å². The standard InChI is InChI=1S/C22H20N4O3/c1-14-8-9-20-24-17(10-21(27)25(20)12-14)13-29-22(28)18-11-23-26(16(18)3)19-7-5-4-6-15(19)2/h4-12H,13H2,1-3H3. The van der Waals surface area contributed by atoms with E-state index in [2.05, 4.69) is 10.1 Å². The van der Waals surface area contributed by atoms with Crippen molar-refractivity contribution in [1.82, 2.24) is 19.2 Å². The van der Waals surface area contributed by atoms with Crippen LogP contribution in [0.3, 0.4) is 0 Å². The summed E-state index contributed by atoms with van der Waals surface area (Å²) in [7, 11) is 0. The molecule has 0 radical (unpaired) electrons. The average molecular weight is 388 g/mol. The number of aromatic nitrogens is 4. The molecule has 29 heavy (non-hydrogen) atoms. The number of benzene rings is 1. The van der Waals surface area contributed by atoms with Gasteiger partial charge in [-0.15, -0.1) is 0 Å². The first-order valence-electron chi connectivity index (χ1n) is 9.21. The summed E-state index contributed by atoms with van der Waals surface area (Å²) < 4.78 is 8.59. The molecule has 0 saturated heterocycles. The minimum Gasteiger partial charge on any atom is -0.455 e.